The molecule has 0 radical (unpaired) electrons. The van der Waals surface area contributed by atoms with E-state index < -0.39 is 0 Å². The van der Waals surface area contributed by atoms with E-state index in [9.17, 15) is 0 Å². The average molecular weight is 140 g/mol. The second kappa shape index (κ2) is 6.56. The Kier molecular flexibility index (Phi) is 6.19. The molecule has 0 aromatic carbocycles. The van der Waals surface area contributed by atoms with E-state index in [1.54, 1.807) is 6.08 Å². The second-order valence-corrected chi connectivity index (χ2v) is 2.51. The van der Waals surface area contributed by atoms with Crippen molar-refractivity contribution in [3.63, 3.8) is 0 Å². The Bertz CT molecular complexity index is 119. The first kappa shape index (κ1) is 9.44. The standard InChI is InChI=1S/C9H16O/c1-9(2)7-5-3-4-6-8-10/h4,6-7,10H,3,5,8H2,1-2H3/b6-4-. The summed E-state index contributed by atoms with van der Waals surface area (Å²) >= 11 is 0. The molecule has 0 unspecified atom stereocenters. The van der Waals surface area contributed by atoms with Gasteiger partial charge in [-0.25, -0.2) is 0 Å². The van der Waals surface area contributed by atoms with Crippen LogP contribution in [0.15, 0.2) is 23.8 Å². The molecule has 10 heavy (non-hydrogen) atoms. The van der Waals surface area contributed by atoms with Crippen molar-refractivity contribution in [2.45, 2.75) is 26.7 Å². The maximum Gasteiger partial charge on any atom is 0.0612 e. The Labute approximate surface area is 63.1 Å². The van der Waals surface area contributed by atoms with Crippen LogP contribution in [0, 0.1) is 0 Å². The summed E-state index contributed by atoms with van der Waals surface area (Å²) in [5.74, 6) is 0. The third-order valence-corrected chi connectivity index (χ3v) is 1.16. The van der Waals surface area contributed by atoms with Crippen LogP contribution in [0.3, 0.4) is 0 Å². The van der Waals surface area contributed by atoms with E-state index in [0.717, 1.165) is 12.8 Å². The Morgan fingerprint density at radius 3 is 2.40 bits per heavy atom. The molecule has 0 aliphatic carbocycles. The molecule has 0 aliphatic heterocycles. The minimum atomic E-state index is 0.162. The van der Waals surface area contributed by atoms with Crippen molar-refractivity contribution in [3.8, 4) is 0 Å². The predicted molar refractivity (Wildman–Crippen MR) is 44.9 cm³/mol. The van der Waals surface area contributed by atoms with Crippen molar-refractivity contribution in [1.29, 1.82) is 0 Å². The van der Waals surface area contributed by atoms with Crippen LogP contribution in [-0.4, -0.2) is 11.7 Å². The van der Waals surface area contributed by atoms with Gasteiger partial charge in [-0.15, -0.1) is 0 Å². The smallest absolute Gasteiger partial charge is 0.0612 e. The van der Waals surface area contributed by atoms with Crippen LogP contribution in [0.4, 0.5) is 0 Å². The Balaban J connectivity index is 3.21. The van der Waals surface area contributed by atoms with Gasteiger partial charge in [0.15, 0.2) is 0 Å². The van der Waals surface area contributed by atoms with Gasteiger partial charge in [-0.3, -0.25) is 0 Å². The minimum absolute atomic E-state index is 0.162. The highest BCUT2D eigenvalue weighted by molar-refractivity contribution is 4.94. The molecule has 0 heterocycles. The topological polar surface area (TPSA) is 20.2 Å². The normalized spacial score (nSPS) is 10.3. The highest BCUT2D eigenvalue weighted by Crippen LogP contribution is 1.97. The van der Waals surface area contributed by atoms with E-state index in [0.29, 0.717) is 0 Å². The lowest BCUT2D eigenvalue weighted by Crippen LogP contribution is -1.72. The van der Waals surface area contributed by atoms with Gasteiger partial charge in [0.1, 0.15) is 0 Å². The van der Waals surface area contributed by atoms with Crippen LogP contribution < -0.4 is 0 Å². The molecule has 0 aliphatic rings. The first-order chi connectivity index (χ1) is 4.77. The monoisotopic (exact) mass is 140 g/mol. The molecule has 0 aromatic rings. The number of unbranched alkanes of at least 4 members (excludes halogenated alkanes) is 1. The molecule has 0 amide bonds. The summed E-state index contributed by atoms with van der Waals surface area (Å²) in [6.45, 7) is 4.35. The van der Waals surface area contributed by atoms with E-state index in [1.165, 1.54) is 5.57 Å². The van der Waals surface area contributed by atoms with Gasteiger partial charge < -0.3 is 5.11 Å². The lowest BCUT2D eigenvalue weighted by atomic mass is 10.2. The van der Waals surface area contributed by atoms with Crippen molar-refractivity contribution >= 4 is 0 Å². The molecule has 0 rings (SSSR count). The van der Waals surface area contributed by atoms with Gasteiger partial charge in [0, 0.05) is 0 Å². The van der Waals surface area contributed by atoms with Gasteiger partial charge in [0.25, 0.3) is 0 Å². The lowest BCUT2D eigenvalue weighted by Gasteiger charge is -1.88. The Morgan fingerprint density at radius 2 is 1.90 bits per heavy atom. The van der Waals surface area contributed by atoms with Crippen molar-refractivity contribution in [1.82, 2.24) is 0 Å². The van der Waals surface area contributed by atoms with Crippen LogP contribution in [0.5, 0.6) is 0 Å². The van der Waals surface area contributed by atoms with Gasteiger partial charge in [-0.2, -0.15) is 0 Å². The van der Waals surface area contributed by atoms with Crippen LogP contribution in [0.2, 0.25) is 0 Å². The number of hydrogen-bond acceptors (Lipinski definition) is 1. The average Bonchev–Trinajstić information content (AvgIpc) is 1.87. The molecule has 58 valence electrons. The van der Waals surface area contributed by atoms with E-state index >= 15 is 0 Å². The summed E-state index contributed by atoms with van der Waals surface area (Å²) in [4.78, 5) is 0. The highest BCUT2D eigenvalue weighted by atomic mass is 16.2. The molecule has 0 saturated heterocycles. The molecule has 1 N–H and O–H groups in total. The summed E-state index contributed by atoms with van der Waals surface area (Å²) in [6.07, 6.45) is 8.09. The molecular weight excluding hydrogens is 124 g/mol. The van der Waals surface area contributed by atoms with Gasteiger partial charge in [-0.05, 0) is 26.7 Å². The zero-order valence-electron chi connectivity index (χ0n) is 6.80. The van der Waals surface area contributed by atoms with E-state index in [1.807, 2.05) is 6.08 Å². The van der Waals surface area contributed by atoms with Crippen LogP contribution in [-0.2, 0) is 0 Å². The summed E-state index contributed by atoms with van der Waals surface area (Å²) in [7, 11) is 0. The Hall–Kier alpha value is -0.560. The van der Waals surface area contributed by atoms with E-state index in [-0.39, 0.29) is 6.61 Å². The summed E-state index contributed by atoms with van der Waals surface area (Å²) in [6, 6.07) is 0. The number of allylic oxidation sites excluding steroid dienone is 3. The first-order valence-corrected chi connectivity index (χ1v) is 3.66. The van der Waals surface area contributed by atoms with Gasteiger partial charge in [0.2, 0.25) is 0 Å². The second-order valence-electron chi connectivity index (χ2n) is 2.51. The van der Waals surface area contributed by atoms with Crippen LogP contribution in [0.25, 0.3) is 0 Å². The molecule has 0 atom stereocenters. The van der Waals surface area contributed by atoms with Crippen molar-refractivity contribution in [2.24, 2.45) is 0 Å². The number of hydrogen-bond donors (Lipinski definition) is 1. The third-order valence-electron chi connectivity index (χ3n) is 1.16. The third kappa shape index (κ3) is 7.44. The van der Waals surface area contributed by atoms with Crippen LogP contribution >= 0.6 is 0 Å². The number of rotatable bonds is 4. The first-order valence-electron chi connectivity index (χ1n) is 3.66. The van der Waals surface area contributed by atoms with E-state index in [4.69, 9.17) is 5.11 Å². The SMILES string of the molecule is CC(C)=CCC/C=C\CO. The molecule has 0 spiro atoms. The maximum absolute atomic E-state index is 8.37. The van der Waals surface area contributed by atoms with Gasteiger partial charge >= 0.3 is 0 Å². The zero-order valence-corrected chi connectivity index (χ0v) is 6.80. The quantitative estimate of drug-likeness (QED) is 0.469. The minimum Gasteiger partial charge on any atom is -0.392 e. The lowest BCUT2D eigenvalue weighted by molar-refractivity contribution is 0.342. The highest BCUT2D eigenvalue weighted by Gasteiger charge is 1.77. The summed E-state index contributed by atoms with van der Waals surface area (Å²) in [5.41, 5.74) is 1.36. The van der Waals surface area contributed by atoms with E-state index in [2.05, 4.69) is 19.9 Å². The van der Waals surface area contributed by atoms with Crippen LogP contribution in [0.1, 0.15) is 26.7 Å². The van der Waals surface area contributed by atoms with Crippen molar-refractivity contribution in [3.05, 3.63) is 23.8 Å². The molecule has 1 heteroatoms. The fourth-order valence-corrected chi connectivity index (χ4v) is 0.661. The number of aliphatic hydroxyl groups is 1. The molecule has 0 fully saturated rings. The fourth-order valence-electron chi connectivity index (χ4n) is 0.661. The fraction of sp³-hybridized carbons (Fsp3) is 0.556. The molecular formula is C9H16O. The molecule has 0 bridgehead atoms. The number of aliphatic hydroxyl groups excluding tert-OH is 1. The van der Waals surface area contributed by atoms with Gasteiger partial charge in [-0.1, -0.05) is 23.8 Å². The van der Waals surface area contributed by atoms with Crippen molar-refractivity contribution in [2.75, 3.05) is 6.61 Å². The molecule has 1 nitrogen and oxygen atoms in total. The molecule has 0 aromatic heterocycles. The maximum atomic E-state index is 8.37. The Morgan fingerprint density at radius 1 is 1.20 bits per heavy atom. The zero-order chi connectivity index (χ0) is 7.82. The molecule has 0 saturated carbocycles. The van der Waals surface area contributed by atoms with Gasteiger partial charge in [0.05, 0.1) is 6.61 Å². The predicted octanol–water partition coefficient (Wildman–Crippen LogP) is 2.28. The summed E-state index contributed by atoms with van der Waals surface area (Å²) < 4.78 is 0. The van der Waals surface area contributed by atoms with Crippen molar-refractivity contribution < 1.29 is 5.11 Å². The summed E-state index contributed by atoms with van der Waals surface area (Å²) in [5, 5.41) is 8.37. The largest absolute Gasteiger partial charge is 0.392 e.